The summed E-state index contributed by atoms with van der Waals surface area (Å²) in [6, 6.07) is 3.91. The standard InChI is InChI=1S/C13H15F2NO5/c1-20-8-4-5-9(10(7-8)21-13(14)15)12(19)16-6-2-3-11(17)18/h4-5,7,13H,2-3,6H2,1H3,(H,16,19)(H,17,18). The van der Waals surface area contributed by atoms with E-state index in [0.717, 1.165) is 0 Å². The molecule has 0 heterocycles. The predicted octanol–water partition coefficient (Wildman–Crippen LogP) is 1.89. The van der Waals surface area contributed by atoms with E-state index >= 15 is 0 Å². The molecule has 0 unspecified atom stereocenters. The molecule has 0 aliphatic heterocycles. The lowest BCUT2D eigenvalue weighted by atomic mass is 10.1. The van der Waals surface area contributed by atoms with E-state index in [0.29, 0.717) is 0 Å². The molecule has 21 heavy (non-hydrogen) atoms. The van der Waals surface area contributed by atoms with Crippen molar-refractivity contribution in [2.45, 2.75) is 19.5 Å². The van der Waals surface area contributed by atoms with Crippen molar-refractivity contribution in [1.29, 1.82) is 0 Å². The number of carboxylic acids is 1. The van der Waals surface area contributed by atoms with Gasteiger partial charge in [0, 0.05) is 19.0 Å². The van der Waals surface area contributed by atoms with Crippen LogP contribution in [0.15, 0.2) is 18.2 Å². The number of aliphatic carboxylic acids is 1. The first-order valence-corrected chi connectivity index (χ1v) is 6.07. The van der Waals surface area contributed by atoms with Gasteiger partial charge in [-0.25, -0.2) is 0 Å². The molecule has 0 saturated carbocycles. The Hall–Kier alpha value is -2.38. The summed E-state index contributed by atoms with van der Waals surface area (Å²) in [4.78, 5) is 22.2. The number of carbonyl (C=O) groups excluding carboxylic acids is 1. The van der Waals surface area contributed by atoms with Crippen LogP contribution in [-0.2, 0) is 4.79 Å². The molecule has 1 aromatic carbocycles. The van der Waals surface area contributed by atoms with E-state index in [1.807, 2.05) is 0 Å². The molecule has 0 radical (unpaired) electrons. The summed E-state index contributed by atoms with van der Waals surface area (Å²) in [6.45, 7) is -2.96. The fraction of sp³-hybridized carbons (Fsp3) is 0.385. The zero-order valence-corrected chi connectivity index (χ0v) is 11.3. The van der Waals surface area contributed by atoms with Gasteiger partial charge in [-0.05, 0) is 18.6 Å². The van der Waals surface area contributed by atoms with E-state index in [1.165, 1.54) is 25.3 Å². The van der Waals surface area contributed by atoms with Crippen molar-refractivity contribution < 1.29 is 33.0 Å². The van der Waals surface area contributed by atoms with Crippen molar-refractivity contribution in [3.63, 3.8) is 0 Å². The van der Waals surface area contributed by atoms with Gasteiger partial charge in [0.2, 0.25) is 0 Å². The molecule has 116 valence electrons. The van der Waals surface area contributed by atoms with Gasteiger partial charge in [0.15, 0.2) is 0 Å². The van der Waals surface area contributed by atoms with Crippen molar-refractivity contribution in [3.8, 4) is 11.5 Å². The van der Waals surface area contributed by atoms with Gasteiger partial charge >= 0.3 is 12.6 Å². The average molecular weight is 303 g/mol. The van der Waals surface area contributed by atoms with Crippen LogP contribution in [0.5, 0.6) is 11.5 Å². The first-order valence-electron chi connectivity index (χ1n) is 6.07. The van der Waals surface area contributed by atoms with Crippen LogP contribution < -0.4 is 14.8 Å². The Bertz CT molecular complexity index is 507. The number of benzene rings is 1. The largest absolute Gasteiger partial charge is 0.497 e. The predicted molar refractivity (Wildman–Crippen MR) is 68.8 cm³/mol. The van der Waals surface area contributed by atoms with Gasteiger partial charge in [-0.3, -0.25) is 9.59 Å². The highest BCUT2D eigenvalue weighted by Gasteiger charge is 2.16. The number of halogens is 2. The molecule has 0 fully saturated rings. The summed E-state index contributed by atoms with van der Waals surface area (Å²) in [5.41, 5.74) is -0.0774. The average Bonchev–Trinajstić information content (AvgIpc) is 2.42. The molecule has 0 atom stereocenters. The second-order valence-corrected chi connectivity index (χ2v) is 3.99. The molecule has 1 amide bonds. The van der Waals surface area contributed by atoms with Crippen LogP contribution in [0.4, 0.5) is 8.78 Å². The van der Waals surface area contributed by atoms with E-state index in [1.54, 1.807) is 0 Å². The fourth-order valence-electron chi connectivity index (χ4n) is 1.55. The molecule has 1 rings (SSSR count). The van der Waals surface area contributed by atoms with Gasteiger partial charge in [-0.1, -0.05) is 0 Å². The van der Waals surface area contributed by atoms with Crippen LogP contribution >= 0.6 is 0 Å². The quantitative estimate of drug-likeness (QED) is 0.716. The van der Waals surface area contributed by atoms with E-state index in [9.17, 15) is 18.4 Å². The second kappa shape index (κ2) is 8.03. The minimum Gasteiger partial charge on any atom is -0.497 e. The zero-order valence-electron chi connectivity index (χ0n) is 11.3. The number of hydrogen-bond donors (Lipinski definition) is 2. The number of carbonyl (C=O) groups is 2. The number of hydrogen-bond acceptors (Lipinski definition) is 4. The summed E-state index contributed by atoms with van der Waals surface area (Å²) in [5, 5.41) is 10.9. The highest BCUT2D eigenvalue weighted by atomic mass is 19.3. The third-order valence-corrected chi connectivity index (χ3v) is 2.50. The van der Waals surface area contributed by atoms with Gasteiger partial charge in [0.05, 0.1) is 12.7 Å². The second-order valence-electron chi connectivity index (χ2n) is 3.99. The fourth-order valence-corrected chi connectivity index (χ4v) is 1.55. The lowest BCUT2D eigenvalue weighted by Crippen LogP contribution is -2.25. The van der Waals surface area contributed by atoms with Gasteiger partial charge in [0.1, 0.15) is 11.5 Å². The Morgan fingerprint density at radius 2 is 2.10 bits per heavy atom. The third kappa shape index (κ3) is 5.64. The van der Waals surface area contributed by atoms with Crippen molar-refractivity contribution >= 4 is 11.9 Å². The van der Waals surface area contributed by atoms with Crippen molar-refractivity contribution in [3.05, 3.63) is 23.8 Å². The number of rotatable bonds is 8. The normalized spacial score (nSPS) is 10.3. The van der Waals surface area contributed by atoms with E-state index in [2.05, 4.69) is 10.1 Å². The molecule has 8 heteroatoms. The first kappa shape index (κ1) is 16.7. The number of alkyl halides is 2. The highest BCUT2D eigenvalue weighted by molar-refractivity contribution is 5.97. The maximum atomic E-state index is 12.3. The summed E-state index contributed by atoms with van der Waals surface area (Å²) in [6.07, 6.45) is 0.144. The molecule has 6 nitrogen and oxygen atoms in total. The Morgan fingerprint density at radius 1 is 1.38 bits per heavy atom. The molecule has 0 aliphatic rings. The zero-order chi connectivity index (χ0) is 15.8. The maximum absolute atomic E-state index is 12.3. The Labute approximate surface area is 119 Å². The molecular weight excluding hydrogens is 288 g/mol. The molecule has 2 N–H and O–H groups in total. The van der Waals surface area contributed by atoms with Crippen LogP contribution in [0, 0.1) is 0 Å². The number of methoxy groups -OCH3 is 1. The van der Waals surface area contributed by atoms with Crippen LogP contribution in [0.1, 0.15) is 23.2 Å². The number of ether oxygens (including phenoxy) is 2. The van der Waals surface area contributed by atoms with E-state index < -0.39 is 18.5 Å². The molecule has 0 aliphatic carbocycles. The SMILES string of the molecule is COc1ccc(C(=O)NCCCC(=O)O)c(OC(F)F)c1. The lowest BCUT2D eigenvalue weighted by molar-refractivity contribution is -0.137. The third-order valence-electron chi connectivity index (χ3n) is 2.50. The Morgan fingerprint density at radius 3 is 2.67 bits per heavy atom. The highest BCUT2D eigenvalue weighted by Crippen LogP contribution is 2.26. The molecule has 0 aromatic heterocycles. The van der Waals surface area contributed by atoms with Crippen molar-refractivity contribution in [2.24, 2.45) is 0 Å². The van der Waals surface area contributed by atoms with Crippen molar-refractivity contribution in [1.82, 2.24) is 5.32 Å². The molecule has 1 aromatic rings. The van der Waals surface area contributed by atoms with E-state index in [4.69, 9.17) is 9.84 Å². The molecular formula is C13H15F2NO5. The minimum absolute atomic E-state index is 0.0774. The van der Waals surface area contributed by atoms with Crippen LogP contribution in [0.3, 0.4) is 0 Å². The van der Waals surface area contributed by atoms with Crippen molar-refractivity contribution in [2.75, 3.05) is 13.7 Å². The van der Waals surface area contributed by atoms with Gasteiger partial charge in [0.25, 0.3) is 5.91 Å². The molecule has 0 saturated heterocycles. The summed E-state index contributed by atoms with van der Waals surface area (Å²) in [7, 11) is 1.35. The van der Waals surface area contributed by atoms with Gasteiger partial charge < -0.3 is 19.9 Å². The Balaban J connectivity index is 2.75. The molecule has 0 bridgehead atoms. The smallest absolute Gasteiger partial charge is 0.387 e. The monoisotopic (exact) mass is 303 g/mol. The van der Waals surface area contributed by atoms with Crippen LogP contribution in [0.2, 0.25) is 0 Å². The van der Waals surface area contributed by atoms with Crippen LogP contribution in [0.25, 0.3) is 0 Å². The van der Waals surface area contributed by atoms with Crippen LogP contribution in [-0.4, -0.2) is 37.2 Å². The number of nitrogens with one attached hydrogen (secondary N) is 1. The maximum Gasteiger partial charge on any atom is 0.387 e. The summed E-state index contributed by atoms with van der Waals surface area (Å²) < 4.78 is 33.8. The molecule has 0 spiro atoms. The first-order chi connectivity index (χ1) is 9.93. The minimum atomic E-state index is -3.07. The van der Waals surface area contributed by atoms with Gasteiger partial charge in [-0.15, -0.1) is 0 Å². The lowest BCUT2D eigenvalue weighted by Gasteiger charge is -2.12. The Kier molecular flexibility index (Phi) is 6.38. The number of carboxylic acid groups (broad SMARTS) is 1. The van der Waals surface area contributed by atoms with Gasteiger partial charge in [-0.2, -0.15) is 8.78 Å². The summed E-state index contributed by atoms with van der Waals surface area (Å²) in [5.74, 6) is -1.64. The topological polar surface area (TPSA) is 84.9 Å². The number of amides is 1. The summed E-state index contributed by atoms with van der Waals surface area (Å²) >= 11 is 0. The van der Waals surface area contributed by atoms with E-state index in [-0.39, 0.29) is 36.4 Å².